The molecule has 9 heteroatoms. The smallest absolute Gasteiger partial charge is 0.399 e. The summed E-state index contributed by atoms with van der Waals surface area (Å²) in [5.74, 6) is 0. The molecule has 0 spiro atoms. The Hall–Kier alpha value is -1.90. The first-order valence-electron chi connectivity index (χ1n) is 5.16. The highest BCUT2D eigenvalue weighted by atomic mass is 32.2. The summed E-state index contributed by atoms with van der Waals surface area (Å²) in [5.41, 5.74) is -0.225. The maximum atomic E-state index is 12.8. The second kappa shape index (κ2) is 7.63. The lowest BCUT2D eigenvalue weighted by Gasteiger charge is -2.14. The fourth-order valence-corrected chi connectivity index (χ4v) is 1.53. The number of oxime groups is 1. The average Bonchev–Trinajstić information content (AvgIpc) is 2.26. The molecule has 0 aliphatic carbocycles. The highest BCUT2D eigenvalue weighted by Crippen LogP contribution is 2.34. The summed E-state index contributed by atoms with van der Waals surface area (Å²) in [4.78, 5) is 4.49. The number of hydrogen-bond acceptors (Lipinski definition) is 5. The SMILES string of the molecule is CO/N=C(\C)c1cccc(C)c1C(F)(F)F.N=S(=O)=O. The van der Waals surface area contributed by atoms with Gasteiger partial charge in [-0.3, -0.25) is 0 Å². The number of nitrogens with zero attached hydrogens (tertiary/aromatic N) is 1. The van der Waals surface area contributed by atoms with E-state index in [1.165, 1.54) is 33.1 Å². The van der Waals surface area contributed by atoms with E-state index < -0.39 is 22.2 Å². The van der Waals surface area contributed by atoms with Crippen molar-refractivity contribution < 1.29 is 26.4 Å². The maximum absolute atomic E-state index is 12.8. The van der Waals surface area contributed by atoms with Gasteiger partial charge in [0.15, 0.2) is 0 Å². The van der Waals surface area contributed by atoms with E-state index in [4.69, 9.17) is 13.2 Å². The number of rotatable bonds is 2. The fourth-order valence-electron chi connectivity index (χ4n) is 1.53. The molecule has 0 saturated carbocycles. The number of aryl methyl sites for hydroxylation is 1. The molecule has 1 N–H and O–H groups in total. The summed E-state index contributed by atoms with van der Waals surface area (Å²) >= 11 is 0. The second-order valence-electron chi connectivity index (χ2n) is 3.59. The van der Waals surface area contributed by atoms with E-state index in [-0.39, 0.29) is 16.8 Å². The van der Waals surface area contributed by atoms with Gasteiger partial charge in [0.2, 0.25) is 0 Å². The molecule has 0 aliphatic rings. The summed E-state index contributed by atoms with van der Waals surface area (Å²) in [6, 6.07) is 4.37. The molecule has 112 valence electrons. The molecule has 0 unspecified atom stereocenters. The van der Waals surface area contributed by atoms with Crippen LogP contribution in [-0.4, -0.2) is 21.2 Å². The Morgan fingerprint density at radius 3 is 2.25 bits per heavy atom. The van der Waals surface area contributed by atoms with Crippen LogP contribution in [0.4, 0.5) is 13.2 Å². The number of benzene rings is 1. The molecule has 0 aromatic heterocycles. The Morgan fingerprint density at radius 2 is 1.85 bits per heavy atom. The normalized spacial score (nSPS) is 11.4. The predicted molar refractivity (Wildman–Crippen MR) is 67.0 cm³/mol. The predicted octanol–water partition coefficient (Wildman–Crippen LogP) is 3.01. The minimum absolute atomic E-state index is 0.0503. The highest BCUT2D eigenvalue weighted by Gasteiger charge is 2.35. The van der Waals surface area contributed by atoms with Crippen LogP contribution in [0, 0.1) is 11.7 Å². The summed E-state index contributed by atoms with van der Waals surface area (Å²) in [5, 5.41) is 3.53. The van der Waals surface area contributed by atoms with Gasteiger partial charge in [-0.15, -0.1) is 0 Å². The van der Waals surface area contributed by atoms with Gasteiger partial charge in [-0.2, -0.15) is 26.4 Å². The molecule has 0 heterocycles. The Balaban J connectivity index is 0.000000796. The molecule has 0 radical (unpaired) electrons. The highest BCUT2D eigenvalue weighted by molar-refractivity contribution is 7.60. The average molecular weight is 310 g/mol. The quantitative estimate of drug-likeness (QED) is 0.673. The zero-order valence-corrected chi connectivity index (χ0v) is 11.8. The van der Waals surface area contributed by atoms with Crippen LogP contribution in [0.15, 0.2) is 23.4 Å². The van der Waals surface area contributed by atoms with E-state index in [9.17, 15) is 13.2 Å². The molecule has 0 aliphatic heterocycles. The number of halogens is 3. The molecule has 0 fully saturated rings. The molecule has 20 heavy (non-hydrogen) atoms. The minimum Gasteiger partial charge on any atom is -0.399 e. The van der Waals surface area contributed by atoms with Crippen molar-refractivity contribution in [3.63, 3.8) is 0 Å². The molecule has 0 atom stereocenters. The lowest BCUT2D eigenvalue weighted by molar-refractivity contribution is -0.138. The van der Waals surface area contributed by atoms with Gasteiger partial charge in [-0.25, -0.2) is 0 Å². The van der Waals surface area contributed by atoms with Crippen LogP contribution >= 0.6 is 0 Å². The molecule has 1 aromatic rings. The molecular weight excluding hydrogens is 297 g/mol. The first-order valence-corrected chi connectivity index (χ1v) is 6.24. The van der Waals surface area contributed by atoms with Crippen molar-refractivity contribution in [2.45, 2.75) is 20.0 Å². The van der Waals surface area contributed by atoms with Gasteiger partial charge in [0.1, 0.15) is 7.11 Å². The first kappa shape index (κ1) is 18.1. The molecule has 1 aromatic carbocycles. The Kier molecular flexibility index (Phi) is 6.91. The number of hydrogen-bond donors (Lipinski definition) is 1. The standard InChI is InChI=1S/C11H12F3NO.HNO2S/c1-7-5-4-6-9(8(2)15-16-3)10(7)11(12,13)14;1-4(2)3/h4-6H,1-3H3;1H/b15-8+;. The molecule has 0 amide bonds. The Labute approximate surface area is 115 Å². The molecule has 5 nitrogen and oxygen atoms in total. The van der Waals surface area contributed by atoms with Crippen molar-refractivity contribution in [1.82, 2.24) is 0 Å². The fraction of sp³-hybridized carbons (Fsp3) is 0.364. The van der Waals surface area contributed by atoms with Crippen molar-refractivity contribution in [3.8, 4) is 0 Å². The van der Waals surface area contributed by atoms with Crippen molar-refractivity contribution in [2.75, 3.05) is 7.11 Å². The van der Waals surface area contributed by atoms with Gasteiger partial charge in [-0.05, 0) is 19.4 Å². The van der Waals surface area contributed by atoms with Crippen LogP contribution < -0.4 is 0 Å². The van der Waals surface area contributed by atoms with Crippen LogP contribution in [0.2, 0.25) is 0 Å². The van der Waals surface area contributed by atoms with E-state index in [1.807, 2.05) is 0 Å². The van der Waals surface area contributed by atoms with Crippen LogP contribution in [0.3, 0.4) is 0 Å². The van der Waals surface area contributed by atoms with Gasteiger partial charge in [-0.1, -0.05) is 23.4 Å². The zero-order chi connectivity index (χ0) is 15.9. The maximum Gasteiger partial charge on any atom is 0.417 e. The zero-order valence-electron chi connectivity index (χ0n) is 10.9. The van der Waals surface area contributed by atoms with E-state index in [2.05, 4.69) is 9.99 Å². The van der Waals surface area contributed by atoms with E-state index in [1.54, 1.807) is 6.07 Å². The largest absolute Gasteiger partial charge is 0.417 e. The summed E-state index contributed by atoms with van der Waals surface area (Å²) in [7, 11) is -1.31. The Morgan fingerprint density at radius 1 is 1.35 bits per heavy atom. The summed E-state index contributed by atoms with van der Waals surface area (Å²) in [6.45, 7) is 2.90. The number of alkyl halides is 3. The lowest BCUT2D eigenvalue weighted by Crippen LogP contribution is -2.14. The monoisotopic (exact) mass is 310 g/mol. The topological polar surface area (TPSA) is 79.6 Å². The third kappa shape index (κ3) is 5.83. The van der Waals surface area contributed by atoms with E-state index in [0.29, 0.717) is 0 Å². The van der Waals surface area contributed by atoms with Gasteiger partial charge in [0, 0.05) is 5.56 Å². The van der Waals surface area contributed by atoms with Crippen molar-refractivity contribution in [3.05, 3.63) is 34.9 Å². The minimum atomic E-state index is -4.38. The molecule has 0 saturated heterocycles. The van der Waals surface area contributed by atoms with Crippen LogP contribution in [0.25, 0.3) is 0 Å². The molecule has 0 bridgehead atoms. The van der Waals surface area contributed by atoms with Gasteiger partial charge < -0.3 is 4.84 Å². The van der Waals surface area contributed by atoms with Gasteiger partial charge in [0.05, 0.1) is 11.3 Å². The summed E-state index contributed by atoms with van der Waals surface area (Å²) < 4.78 is 61.3. The van der Waals surface area contributed by atoms with Gasteiger partial charge in [0.25, 0.3) is 0 Å². The van der Waals surface area contributed by atoms with Crippen molar-refractivity contribution in [2.24, 2.45) is 5.16 Å². The van der Waals surface area contributed by atoms with Crippen LogP contribution in [-0.2, 0) is 21.5 Å². The third-order valence-electron chi connectivity index (χ3n) is 2.17. The lowest BCUT2D eigenvalue weighted by atomic mass is 9.98. The van der Waals surface area contributed by atoms with E-state index >= 15 is 0 Å². The Bertz CT molecular complexity index is 588. The van der Waals surface area contributed by atoms with Crippen LogP contribution in [0.1, 0.15) is 23.6 Å². The van der Waals surface area contributed by atoms with Gasteiger partial charge >= 0.3 is 16.7 Å². The molecule has 1 rings (SSSR count). The van der Waals surface area contributed by atoms with Crippen molar-refractivity contribution >= 4 is 16.2 Å². The summed E-state index contributed by atoms with van der Waals surface area (Å²) in [6.07, 6.45) is -4.38. The first-order chi connectivity index (χ1) is 9.11. The third-order valence-corrected chi connectivity index (χ3v) is 2.17. The number of nitrogens with one attached hydrogen (secondary N) is 1. The van der Waals surface area contributed by atoms with Crippen molar-refractivity contribution in [1.29, 1.82) is 4.78 Å². The second-order valence-corrected chi connectivity index (χ2v) is 4.06. The van der Waals surface area contributed by atoms with E-state index in [0.717, 1.165) is 0 Å². The molecular formula is C11H13F3N2O3S. The van der Waals surface area contributed by atoms with Crippen LogP contribution in [0.5, 0.6) is 0 Å².